The molecule has 0 fully saturated rings. The zero-order chi connectivity index (χ0) is 18.7. The Morgan fingerprint density at radius 2 is 1.85 bits per heavy atom. The summed E-state index contributed by atoms with van der Waals surface area (Å²) in [5.41, 5.74) is 3.80. The van der Waals surface area contributed by atoms with E-state index in [0.29, 0.717) is 10.8 Å². The molecule has 1 amide bonds. The average Bonchev–Trinajstić information content (AvgIpc) is 3.06. The summed E-state index contributed by atoms with van der Waals surface area (Å²) in [6.45, 7) is 6.09. The Kier molecular flexibility index (Phi) is 5.33. The molecule has 0 spiro atoms. The van der Waals surface area contributed by atoms with Gasteiger partial charge >= 0.3 is 0 Å². The third-order valence-corrected chi connectivity index (χ3v) is 4.27. The molecule has 0 saturated carbocycles. The van der Waals surface area contributed by atoms with Crippen molar-refractivity contribution in [1.82, 2.24) is 0 Å². The average molecular weight is 370 g/mol. The Morgan fingerprint density at radius 3 is 2.62 bits per heavy atom. The number of ether oxygens (including phenoxy) is 1. The first-order valence-electron chi connectivity index (χ1n) is 8.28. The van der Waals surface area contributed by atoms with Gasteiger partial charge in [0.15, 0.2) is 5.76 Å². The van der Waals surface area contributed by atoms with E-state index >= 15 is 0 Å². The number of amides is 1. The fourth-order valence-corrected chi connectivity index (χ4v) is 2.78. The quantitative estimate of drug-likeness (QED) is 0.628. The van der Waals surface area contributed by atoms with Crippen molar-refractivity contribution < 1.29 is 13.9 Å². The molecule has 134 valence electrons. The van der Waals surface area contributed by atoms with Gasteiger partial charge in [0.05, 0.1) is 0 Å². The summed E-state index contributed by atoms with van der Waals surface area (Å²) in [6, 6.07) is 14.7. The summed E-state index contributed by atoms with van der Waals surface area (Å²) in [6.07, 6.45) is 0. The molecule has 1 aromatic heterocycles. The number of hydrogen-bond donors (Lipinski definition) is 1. The fraction of sp³-hybridized carbons (Fsp3) is 0.190. The van der Waals surface area contributed by atoms with E-state index in [1.807, 2.05) is 51.1 Å². The van der Waals surface area contributed by atoms with Crippen LogP contribution in [0.4, 0.5) is 5.69 Å². The molecule has 0 unspecified atom stereocenters. The first kappa shape index (κ1) is 18.1. The minimum atomic E-state index is -0.285. The minimum Gasteiger partial charge on any atom is -0.485 e. The molecular formula is C21H20ClNO3. The maximum Gasteiger partial charge on any atom is 0.291 e. The summed E-state index contributed by atoms with van der Waals surface area (Å²) in [5.74, 6) is 1.27. The van der Waals surface area contributed by atoms with Crippen LogP contribution in [0.2, 0.25) is 5.02 Å². The van der Waals surface area contributed by atoms with E-state index < -0.39 is 0 Å². The van der Waals surface area contributed by atoms with Gasteiger partial charge in [0.25, 0.3) is 5.91 Å². The molecule has 1 heterocycles. The zero-order valence-electron chi connectivity index (χ0n) is 14.9. The Hall–Kier alpha value is -2.72. The molecule has 1 N–H and O–H groups in total. The van der Waals surface area contributed by atoms with Gasteiger partial charge in [0, 0.05) is 10.7 Å². The van der Waals surface area contributed by atoms with Crippen molar-refractivity contribution in [3.05, 3.63) is 81.8 Å². The van der Waals surface area contributed by atoms with Crippen molar-refractivity contribution in [2.45, 2.75) is 27.4 Å². The molecule has 0 aliphatic rings. The van der Waals surface area contributed by atoms with Crippen molar-refractivity contribution in [3.8, 4) is 5.75 Å². The van der Waals surface area contributed by atoms with E-state index in [1.54, 1.807) is 18.2 Å². The molecule has 0 aliphatic heterocycles. The Morgan fingerprint density at radius 1 is 1.04 bits per heavy atom. The van der Waals surface area contributed by atoms with Crippen molar-refractivity contribution in [3.63, 3.8) is 0 Å². The van der Waals surface area contributed by atoms with Crippen molar-refractivity contribution in [2.75, 3.05) is 5.32 Å². The highest BCUT2D eigenvalue weighted by molar-refractivity contribution is 6.30. The number of hydrogen-bond acceptors (Lipinski definition) is 3. The SMILES string of the molecule is Cc1ccc(C)c(NC(=O)c2ccc(COc3ccc(Cl)cc3C)o2)c1. The summed E-state index contributed by atoms with van der Waals surface area (Å²) < 4.78 is 11.3. The van der Waals surface area contributed by atoms with Gasteiger partial charge in [-0.15, -0.1) is 0 Å². The summed E-state index contributed by atoms with van der Waals surface area (Å²) in [7, 11) is 0. The van der Waals surface area contributed by atoms with E-state index in [9.17, 15) is 4.79 Å². The Labute approximate surface area is 157 Å². The predicted octanol–water partition coefficient (Wildman–Crippen LogP) is 5.69. The largest absolute Gasteiger partial charge is 0.485 e. The lowest BCUT2D eigenvalue weighted by Crippen LogP contribution is -2.12. The summed E-state index contributed by atoms with van der Waals surface area (Å²) in [4.78, 5) is 12.4. The maximum absolute atomic E-state index is 12.4. The Balaban J connectivity index is 1.65. The molecule has 0 radical (unpaired) electrons. The molecule has 5 heteroatoms. The molecule has 2 aromatic carbocycles. The number of anilines is 1. The van der Waals surface area contributed by atoms with Crippen molar-refractivity contribution in [1.29, 1.82) is 0 Å². The third kappa shape index (κ3) is 4.27. The lowest BCUT2D eigenvalue weighted by Gasteiger charge is -2.08. The number of carbonyl (C=O) groups is 1. The molecule has 4 nitrogen and oxygen atoms in total. The monoisotopic (exact) mass is 369 g/mol. The van der Waals surface area contributed by atoms with Crippen LogP contribution in [-0.4, -0.2) is 5.91 Å². The van der Waals surface area contributed by atoms with Gasteiger partial charge < -0.3 is 14.5 Å². The van der Waals surface area contributed by atoms with Gasteiger partial charge in [0.1, 0.15) is 18.1 Å². The van der Waals surface area contributed by atoms with Crippen molar-refractivity contribution >= 4 is 23.2 Å². The van der Waals surface area contributed by atoms with Crippen LogP contribution in [-0.2, 0) is 6.61 Å². The second kappa shape index (κ2) is 7.67. The highest BCUT2D eigenvalue weighted by Gasteiger charge is 2.13. The van der Waals surface area contributed by atoms with Gasteiger partial charge in [-0.2, -0.15) is 0 Å². The van der Waals surface area contributed by atoms with Crippen LogP contribution in [0.3, 0.4) is 0 Å². The maximum atomic E-state index is 12.4. The van der Waals surface area contributed by atoms with Gasteiger partial charge in [-0.1, -0.05) is 23.7 Å². The molecule has 0 bridgehead atoms. The number of halogens is 1. The summed E-state index contributed by atoms with van der Waals surface area (Å²) in [5, 5.41) is 3.55. The predicted molar refractivity (Wildman–Crippen MR) is 103 cm³/mol. The van der Waals surface area contributed by atoms with Crippen LogP contribution in [0.15, 0.2) is 52.9 Å². The van der Waals surface area contributed by atoms with E-state index in [2.05, 4.69) is 5.32 Å². The van der Waals surface area contributed by atoms with Crippen LogP contribution >= 0.6 is 11.6 Å². The van der Waals surface area contributed by atoms with Gasteiger partial charge in [-0.05, 0) is 73.9 Å². The van der Waals surface area contributed by atoms with E-state index in [0.717, 1.165) is 28.1 Å². The molecular weight excluding hydrogens is 350 g/mol. The molecule has 0 aliphatic carbocycles. The van der Waals surface area contributed by atoms with E-state index in [1.165, 1.54) is 0 Å². The number of nitrogens with one attached hydrogen (secondary N) is 1. The lowest BCUT2D eigenvalue weighted by atomic mass is 10.1. The number of furan rings is 1. The topological polar surface area (TPSA) is 51.5 Å². The number of aryl methyl sites for hydroxylation is 3. The highest BCUT2D eigenvalue weighted by atomic mass is 35.5. The van der Waals surface area contributed by atoms with Gasteiger partial charge in [-0.3, -0.25) is 4.79 Å². The van der Waals surface area contributed by atoms with Crippen LogP contribution in [0.25, 0.3) is 0 Å². The molecule has 26 heavy (non-hydrogen) atoms. The fourth-order valence-electron chi connectivity index (χ4n) is 2.56. The Bertz CT molecular complexity index is 946. The van der Waals surface area contributed by atoms with Gasteiger partial charge in [0.2, 0.25) is 0 Å². The van der Waals surface area contributed by atoms with Crippen LogP contribution in [0, 0.1) is 20.8 Å². The molecule has 3 rings (SSSR count). The molecule has 3 aromatic rings. The third-order valence-electron chi connectivity index (χ3n) is 4.03. The van der Waals surface area contributed by atoms with Crippen LogP contribution in [0.5, 0.6) is 5.75 Å². The summed E-state index contributed by atoms with van der Waals surface area (Å²) >= 11 is 5.94. The normalized spacial score (nSPS) is 10.6. The van der Waals surface area contributed by atoms with Crippen LogP contribution in [0.1, 0.15) is 33.0 Å². The highest BCUT2D eigenvalue weighted by Crippen LogP contribution is 2.23. The second-order valence-corrected chi connectivity index (χ2v) is 6.67. The van der Waals surface area contributed by atoms with Gasteiger partial charge in [-0.25, -0.2) is 0 Å². The van der Waals surface area contributed by atoms with E-state index in [-0.39, 0.29) is 18.3 Å². The number of rotatable bonds is 5. The number of carbonyl (C=O) groups excluding carboxylic acids is 1. The molecule has 0 atom stereocenters. The van der Waals surface area contributed by atoms with Crippen molar-refractivity contribution in [2.24, 2.45) is 0 Å². The van der Waals surface area contributed by atoms with E-state index in [4.69, 9.17) is 20.8 Å². The smallest absolute Gasteiger partial charge is 0.291 e. The second-order valence-electron chi connectivity index (χ2n) is 6.24. The lowest BCUT2D eigenvalue weighted by molar-refractivity contribution is 0.0992. The minimum absolute atomic E-state index is 0.235. The van der Waals surface area contributed by atoms with Crippen LogP contribution < -0.4 is 10.1 Å². The first-order valence-corrected chi connectivity index (χ1v) is 8.66. The standard InChI is InChI=1S/C21H20ClNO3/c1-13-4-5-14(2)18(10-13)23-21(24)20-9-7-17(26-20)12-25-19-8-6-16(22)11-15(19)3/h4-11H,12H2,1-3H3,(H,23,24). The number of benzene rings is 2. The molecule has 0 saturated heterocycles. The first-order chi connectivity index (χ1) is 12.4. The zero-order valence-corrected chi connectivity index (χ0v) is 15.7.